The van der Waals surface area contributed by atoms with Crippen molar-refractivity contribution in [3.05, 3.63) is 30.3 Å². The van der Waals surface area contributed by atoms with Crippen LogP contribution in [0.25, 0.3) is 0 Å². The Kier molecular flexibility index (Phi) is 5.56. The summed E-state index contributed by atoms with van der Waals surface area (Å²) in [5.74, 6) is -1.08. The van der Waals surface area contributed by atoms with Crippen molar-refractivity contribution in [1.29, 1.82) is 0 Å². The number of hydrogen-bond donors (Lipinski definition) is 2. The average Bonchev–Trinajstić information content (AvgIpc) is 2.90. The number of aliphatic carboxylic acids is 1. The summed E-state index contributed by atoms with van der Waals surface area (Å²) in [6.45, 7) is 2.80. The first-order valence-electron chi connectivity index (χ1n) is 7.67. The molecule has 0 aromatic heterocycles. The molecule has 3 amide bonds. The maximum Gasteiger partial charge on any atom is 0.318 e. The predicted molar refractivity (Wildman–Crippen MR) is 85.2 cm³/mol. The summed E-state index contributed by atoms with van der Waals surface area (Å²) in [6, 6.07) is 8.44. The van der Waals surface area contributed by atoms with Gasteiger partial charge in [0, 0.05) is 25.3 Å². The van der Waals surface area contributed by atoms with Gasteiger partial charge in [-0.1, -0.05) is 18.2 Å². The SMILES string of the molecule is CCN(C(=O)NCCC(=O)O)C1CCN(c2ccccc2)C1=O. The van der Waals surface area contributed by atoms with Crippen LogP contribution in [0.5, 0.6) is 0 Å². The van der Waals surface area contributed by atoms with E-state index in [0.717, 1.165) is 5.69 Å². The predicted octanol–water partition coefficient (Wildman–Crippen LogP) is 1.30. The van der Waals surface area contributed by atoms with E-state index in [1.165, 1.54) is 4.90 Å². The number of urea groups is 1. The highest BCUT2D eigenvalue weighted by Crippen LogP contribution is 2.24. The largest absolute Gasteiger partial charge is 0.481 e. The van der Waals surface area contributed by atoms with Gasteiger partial charge in [0.2, 0.25) is 5.91 Å². The van der Waals surface area contributed by atoms with Crippen molar-refractivity contribution < 1.29 is 19.5 Å². The molecule has 2 N–H and O–H groups in total. The fourth-order valence-corrected chi connectivity index (χ4v) is 2.70. The Balaban J connectivity index is 2.00. The number of rotatable bonds is 6. The number of anilines is 1. The number of carboxylic acids is 1. The smallest absolute Gasteiger partial charge is 0.318 e. The van der Waals surface area contributed by atoms with E-state index in [1.54, 1.807) is 11.8 Å². The third-order valence-electron chi connectivity index (χ3n) is 3.84. The number of likely N-dealkylation sites (N-methyl/N-ethyl adjacent to an activating group) is 1. The van der Waals surface area contributed by atoms with E-state index in [4.69, 9.17) is 5.11 Å². The van der Waals surface area contributed by atoms with Crippen LogP contribution in [0.3, 0.4) is 0 Å². The summed E-state index contributed by atoms with van der Waals surface area (Å²) in [6.07, 6.45) is 0.423. The highest BCUT2D eigenvalue weighted by molar-refractivity contribution is 6.01. The topological polar surface area (TPSA) is 89.9 Å². The molecule has 1 aliphatic rings. The molecule has 1 fully saturated rings. The maximum absolute atomic E-state index is 12.6. The van der Waals surface area contributed by atoms with Crippen LogP contribution in [0.1, 0.15) is 19.8 Å². The summed E-state index contributed by atoms with van der Waals surface area (Å²) in [4.78, 5) is 38.4. The third-order valence-corrected chi connectivity index (χ3v) is 3.84. The van der Waals surface area contributed by atoms with E-state index in [2.05, 4.69) is 5.32 Å². The molecule has 7 heteroatoms. The Morgan fingerprint density at radius 2 is 2.04 bits per heavy atom. The van der Waals surface area contributed by atoms with E-state index in [9.17, 15) is 14.4 Å². The molecule has 1 aromatic rings. The van der Waals surface area contributed by atoms with Gasteiger partial charge < -0.3 is 20.2 Å². The van der Waals surface area contributed by atoms with E-state index in [1.807, 2.05) is 30.3 Å². The van der Waals surface area contributed by atoms with Crippen LogP contribution in [0, 0.1) is 0 Å². The van der Waals surface area contributed by atoms with Crippen molar-refractivity contribution in [2.45, 2.75) is 25.8 Å². The van der Waals surface area contributed by atoms with Crippen molar-refractivity contribution >= 4 is 23.6 Å². The van der Waals surface area contributed by atoms with Crippen LogP contribution in [0.2, 0.25) is 0 Å². The van der Waals surface area contributed by atoms with E-state index < -0.39 is 18.0 Å². The van der Waals surface area contributed by atoms with Gasteiger partial charge in [-0.15, -0.1) is 0 Å². The molecule has 0 aliphatic carbocycles. The first kappa shape index (κ1) is 16.8. The molecule has 1 aromatic carbocycles. The Morgan fingerprint density at radius 3 is 2.65 bits per heavy atom. The Morgan fingerprint density at radius 1 is 1.35 bits per heavy atom. The van der Waals surface area contributed by atoms with Crippen LogP contribution in [0.4, 0.5) is 10.5 Å². The Labute approximate surface area is 134 Å². The number of hydrogen-bond acceptors (Lipinski definition) is 3. The minimum Gasteiger partial charge on any atom is -0.481 e. The summed E-state index contributed by atoms with van der Waals surface area (Å²) >= 11 is 0. The number of amides is 3. The summed E-state index contributed by atoms with van der Waals surface area (Å²) in [7, 11) is 0. The second-order valence-electron chi connectivity index (χ2n) is 5.29. The van der Waals surface area contributed by atoms with E-state index in [-0.39, 0.29) is 18.9 Å². The minimum atomic E-state index is -0.972. The average molecular weight is 319 g/mol. The lowest BCUT2D eigenvalue weighted by atomic mass is 10.2. The molecule has 1 atom stereocenters. The van der Waals surface area contributed by atoms with Crippen LogP contribution >= 0.6 is 0 Å². The highest BCUT2D eigenvalue weighted by atomic mass is 16.4. The number of para-hydroxylation sites is 1. The highest BCUT2D eigenvalue weighted by Gasteiger charge is 2.38. The normalized spacial score (nSPS) is 17.2. The molecular formula is C16H21N3O4. The molecule has 23 heavy (non-hydrogen) atoms. The van der Waals surface area contributed by atoms with Crippen molar-refractivity contribution in [3.63, 3.8) is 0 Å². The molecule has 1 heterocycles. The number of nitrogens with zero attached hydrogens (tertiary/aromatic N) is 2. The molecular weight excluding hydrogens is 298 g/mol. The molecule has 0 radical (unpaired) electrons. The molecule has 1 aliphatic heterocycles. The summed E-state index contributed by atoms with van der Waals surface area (Å²) in [5.41, 5.74) is 0.822. The van der Waals surface area contributed by atoms with Gasteiger partial charge in [0.25, 0.3) is 0 Å². The van der Waals surface area contributed by atoms with Gasteiger partial charge in [-0.05, 0) is 25.5 Å². The van der Waals surface area contributed by atoms with Crippen molar-refractivity contribution in [2.75, 3.05) is 24.5 Å². The van der Waals surface area contributed by atoms with Crippen molar-refractivity contribution in [3.8, 4) is 0 Å². The second kappa shape index (κ2) is 7.62. The number of carbonyl (C=O) groups excluding carboxylic acids is 2. The van der Waals surface area contributed by atoms with Gasteiger partial charge >= 0.3 is 12.0 Å². The van der Waals surface area contributed by atoms with Gasteiger partial charge in [0.1, 0.15) is 6.04 Å². The fraction of sp³-hybridized carbons (Fsp3) is 0.438. The third kappa shape index (κ3) is 4.00. The van der Waals surface area contributed by atoms with Gasteiger partial charge in [0.05, 0.1) is 6.42 Å². The first-order chi connectivity index (χ1) is 11.0. The monoisotopic (exact) mass is 319 g/mol. The lowest BCUT2D eigenvalue weighted by Crippen LogP contribution is -2.49. The standard InChI is InChI=1S/C16H21N3O4/c1-2-18(16(23)17-10-8-14(20)21)13-9-11-19(15(13)22)12-6-4-3-5-7-12/h3-7,13H,2,8-11H2,1H3,(H,17,23)(H,20,21). The van der Waals surface area contributed by atoms with Gasteiger partial charge in [-0.25, -0.2) is 4.79 Å². The molecule has 0 bridgehead atoms. The lowest BCUT2D eigenvalue weighted by molar-refractivity contribution is -0.136. The zero-order chi connectivity index (χ0) is 16.8. The van der Waals surface area contributed by atoms with Crippen LogP contribution in [-0.4, -0.2) is 53.6 Å². The number of benzene rings is 1. The van der Waals surface area contributed by atoms with E-state index >= 15 is 0 Å². The van der Waals surface area contributed by atoms with Gasteiger partial charge in [-0.2, -0.15) is 0 Å². The molecule has 1 unspecified atom stereocenters. The molecule has 0 saturated carbocycles. The summed E-state index contributed by atoms with van der Waals surface area (Å²) in [5, 5.41) is 11.2. The van der Waals surface area contributed by atoms with Crippen LogP contribution < -0.4 is 10.2 Å². The van der Waals surface area contributed by atoms with Gasteiger partial charge in [-0.3, -0.25) is 9.59 Å². The zero-order valence-electron chi connectivity index (χ0n) is 13.1. The Hall–Kier alpha value is -2.57. The maximum atomic E-state index is 12.6. The fourth-order valence-electron chi connectivity index (χ4n) is 2.70. The number of nitrogens with one attached hydrogen (secondary N) is 1. The van der Waals surface area contributed by atoms with Crippen molar-refractivity contribution in [1.82, 2.24) is 10.2 Å². The number of carboxylic acid groups (broad SMARTS) is 1. The molecule has 7 nitrogen and oxygen atoms in total. The van der Waals surface area contributed by atoms with Crippen molar-refractivity contribution in [2.24, 2.45) is 0 Å². The summed E-state index contributed by atoms with van der Waals surface area (Å²) < 4.78 is 0. The van der Waals surface area contributed by atoms with Gasteiger partial charge in [0.15, 0.2) is 0 Å². The number of carbonyl (C=O) groups is 3. The van der Waals surface area contributed by atoms with E-state index in [0.29, 0.717) is 19.5 Å². The lowest BCUT2D eigenvalue weighted by Gasteiger charge is -2.27. The van der Waals surface area contributed by atoms with Crippen LogP contribution in [0.15, 0.2) is 30.3 Å². The Bertz CT molecular complexity index is 576. The molecule has 124 valence electrons. The van der Waals surface area contributed by atoms with Crippen LogP contribution in [-0.2, 0) is 9.59 Å². The second-order valence-corrected chi connectivity index (χ2v) is 5.29. The molecule has 2 rings (SSSR count). The first-order valence-corrected chi connectivity index (χ1v) is 7.67. The minimum absolute atomic E-state index is 0.0496. The quantitative estimate of drug-likeness (QED) is 0.827. The zero-order valence-corrected chi connectivity index (χ0v) is 13.1. The molecule has 0 spiro atoms. The molecule has 1 saturated heterocycles.